The standard InChI is InChI=1S/C67H58N6/c1-66(2,3)48-35-38-69-64(41-48)73-60-36-37-68-44-59(60)57-28-17-16-27-56(57)58-34-33-51(43-63(58)73)72(50-25-14-9-15-26-50)53-40-49(67(4,5)6)39-52(42-53)70-45-71(62-32-19-18-31-61(62)70)65-54(46-21-10-7-11-22-46)29-20-30-55(65)47-23-12-8-13-24-47/h7-44H,45H2,1-6H3/i7D,8D,10D,11D,12D,13D,21D,22D,23D,24D. The van der Waals surface area contributed by atoms with Crippen molar-refractivity contribution in [3.63, 3.8) is 0 Å². The lowest BCUT2D eigenvalue weighted by molar-refractivity contribution is 0.589. The van der Waals surface area contributed by atoms with E-state index in [0.717, 1.165) is 79.0 Å². The van der Waals surface area contributed by atoms with Crippen LogP contribution in [0.2, 0.25) is 0 Å². The van der Waals surface area contributed by atoms with E-state index in [0.29, 0.717) is 11.4 Å². The molecular formula is C67H58N6. The van der Waals surface area contributed by atoms with E-state index in [9.17, 15) is 5.48 Å². The van der Waals surface area contributed by atoms with Crippen LogP contribution in [0.1, 0.15) is 66.4 Å². The number of hydrogen-bond donors (Lipinski definition) is 0. The second-order valence-electron chi connectivity index (χ2n) is 20.5. The lowest BCUT2D eigenvalue weighted by Crippen LogP contribution is -2.25. The highest BCUT2D eigenvalue weighted by atomic mass is 15.4. The van der Waals surface area contributed by atoms with E-state index < -0.39 is 60.4 Å². The highest BCUT2D eigenvalue weighted by molar-refractivity contribution is 6.03. The van der Waals surface area contributed by atoms with Crippen molar-refractivity contribution in [2.45, 2.75) is 52.4 Å². The zero-order chi connectivity index (χ0) is 58.6. The number of anilines is 10. The van der Waals surface area contributed by atoms with Crippen LogP contribution < -0.4 is 19.6 Å². The predicted molar refractivity (Wildman–Crippen MR) is 306 cm³/mol. The van der Waals surface area contributed by atoms with Gasteiger partial charge in [-0.25, -0.2) is 4.98 Å². The van der Waals surface area contributed by atoms with E-state index in [1.165, 1.54) is 0 Å². The van der Waals surface area contributed by atoms with Crippen LogP contribution in [0.5, 0.6) is 0 Å². The third-order valence-corrected chi connectivity index (χ3v) is 13.8. The molecule has 8 aromatic carbocycles. The van der Waals surface area contributed by atoms with Crippen molar-refractivity contribution in [3.8, 4) is 44.5 Å². The minimum Gasteiger partial charge on any atom is -0.321 e. The summed E-state index contributed by atoms with van der Waals surface area (Å²) in [5.74, 6) is 0.763. The Hall–Kier alpha value is -8.74. The molecule has 0 fully saturated rings. The molecule has 2 aliphatic rings. The molecule has 0 saturated carbocycles. The Morgan fingerprint density at radius 1 is 0.452 bits per heavy atom. The Morgan fingerprint density at radius 2 is 1.07 bits per heavy atom. The number of pyridine rings is 2. The van der Waals surface area contributed by atoms with Crippen LogP contribution in [0.3, 0.4) is 0 Å². The highest BCUT2D eigenvalue weighted by Gasteiger charge is 2.34. The number of benzene rings is 8. The molecule has 6 heteroatoms. The summed E-state index contributed by atoms with van der Waals surface area (Å²) < 4.78 is 89.0. The summed E-state index contributed by atoms with van der Waals surface area (Å²) in [5.41, 5.74) is 13.0. The van der Waals surface area contributed by atoms with Crippen molar-refractivity contribution in [2.24, 2.45) is 0 Å². The van der Waals surface area contributed by atoms with Gasteiger partial charge < -0.3 is 14.7 Å². The molecule has 0 atom stereocenters. The molecular weight excluding hydrogens is 889 g/mol. The molecule has 0 unspecified atom stereocenters. The fraction of sp³-hybridized carbons (Fsp3) is 0.134. The SMILES string of the molecule is [2H]c1c([2H])c([2H])c(-c2cccc(-c3c([2H])c([2H])c([2H])c([2H])c3[2H])c2N2CN(c3cc(N(c4ccccc4)c4ccc5c(c4)N(c4cc(C(C)(C)C)ccn4)c4ccncc4-c4ccccc4-5)cc(C(C)(C)C)c3)c3ccccc32)c([2H])c1[2H]. The molecule has 356 valence electrons. The maximum atomic E-state index is 9.24. The summed E-state index contributed by atoms with van der Waals surface area (Å²) in [7, 11) is 0. The topological polar surface area (TPSA) is 38.7 Å². The van der Waals surface area contributed by atoms with Gasteiger partial charge in [-0.05, 0) is 117 Å². The Bertz CT molecular complexity index is 4120. The monoisotopic (exact) mass is 957 g/mol. The first-order valence-corrected chi connectivity index (χ1v) is 24.5. The van der Waals surface area contributed by atoms with Gasteiger partial charge >= 0.3 is 0 Å². The average Bonchev–Trinajstić information content (AvgIpc) is 2.93. The van der Waals surface area contributed by atoms with Crippen LogP contribution in [0, 0.1) is 0 Å². The molecule has 4 heterocycles. The van der Waals surface area contributed by atoms with E-state index in [4.69, 9.17) is 13.2 Å². The van der Waals surface area contributed by atoms with Crippen LogP contribution in [0.4, 0.5) is 57.0 Å². The van der Waals surface area contributed by atoms with Gasteiger partial charge in [0.2, 0.25) is 0 Å². The maximum Gasteiger partial charge on any atom is 0.137 e. The van der Waals surface area contributed by atoms with Crippen LogP contribution in [0.15, 0.2) is 231 Å². The number of nitrogens with zero attached hydrogens (tertiary/aromatic N) is 6. The van der Waals surface area contributed by atoms with Crippen LogP contribution >= 0.6 is 0 Å². The Kier molecular flexibility index (Phi) is 8.79. The number of aromatic nitrogens is 2. The first kappa shape index (κ1) is 35.4. The third-order valence-electron chi connectivity index (χ3n) is 13.8. The zero-order valence-electron chi connectivity index (χ0n) is 51.6. The van der Waals surface area contributed by atoms with Gasteiger partial charge in [-0.2, -0.15) is 0 Å². The van der Waals surface area contributed by atoms with Crippen molar-refractivity contribution in [3.05, 3.63) is 242 Å². The van der Waals surface area contributed by atoms with Crippen LogP contribution in [-0.4, -0.2) is 16.6 Å². The number of rotatable bonds is 8. The number of fused-ring (bicyclic) bond motifs is 6. The molecule has 2 aliphatic heterocycles. The Balaban J connectivity index is 1.08. The molecule has 0 spiro atoms. The third kappa shape index (κ3) is 8.29. The number of para-hydroxylation sites is 4. The lowest BCUT2D eigenvalue weighted by atomic mass is 9.86. The molecule has 10 aromatic rings. The first-order chi connectivity index (χ1) is 39.6. The van der Waals surface area contributed by atoms with Crippen molar-refractivity contribution in [1.82, 2.24) is 9.97 Å². The largest absolute Gasteiger partial charge is 0.321 e. The zero-order valence-corrected chi connectivity index (χ0v) is 41.6. The van der Waals surface area contributed by atoms with Gasteiger partial charge in [0.25, 0.3) is 0 Å². The molecule has 2 aromatic heterocycles. The van der Waals surface area contributed by atoms with E-state index >= 15 is 0 Å². The molecule has 0 saturated heterocycles. The minimum absolute atomic E-state index is 0.0904. The van der Waals surface area contributed by atoms with Crippen LogP contribution in [0.25, 0.3) is 44.5 Å². The maximum absolute atomic E-state index is 9.24. The van der Waals surface area contributed by atoms with Crippen molar-refractivity contribution >= 4 is 57.0 Å². The molecule has 73 heavy (non-hydrogen) atoms. The molecule has 0 amide bonds. The highest BCUT2D eigenvalue weighted by Crippen LogP contribution is 2.54. The molecule has 0 bridgehead atoms. The van der Waals surface area contributed by atoms with Gasteiger partial charge in [0.05, 0.1) is 42.1 Å². The molecule has 12 rings (SSSR count). The van der Waals surface area contributed by atoms with Gasteiger partial charge in [0.1, 0.15) is 12.5 Å². The average molecular weight is 957 g/mol. The van der Waals surface area contributed by atoms with E-state index in [2.05, 4.69) is 152 Å². The van der Waals surface area contributed by atoms with Gasteiger partial charge in [-0.3, -0.25) is 9.88 Å². The fourth-order valence-corrected chi connectivity index (χ4v) is 10.2. The summed E-state index contributed by atoms with van der Waals surface area (Å²) in [6.45, 7) is 13.2. The normalized spacial score (nSPS) is 14.8. The van der Waals surface area contributed by atoms with Gasteiger partial charge in [-0.15, -0.1) is 0 Å². The van der Waals surface area contributed by atoms with E-state index in [1.807, 2.05) is 66.0 Å². The molecule has 6 nitrogen and oxygen atoms in total. The molecule has 0 radical (unpaired) electrons. The van der Waals surface area contributed by atoms with Gasteiger partial charge in [0.15, 0.2) is 0 Å². The Morgan fingerprint density at radius 3 is 1.74 bits per heavy atom. The number of hydrogen-bond acceptors (Lipinski definition) is 6. The van der Waals surface area contributed by atoms with Crippen molar-refractivity contribution in [1.29, 1.82) is 0 Å². The van der Waals surface area contributed by atoms with Gasteiger partial charge in [0, 0.05) is 63.6 Å². The summed E-state index contributed by atoms with van der Waals surface area (Å²) in [6, 6.07) is 45.9. The van der Waals surface area contributed by atoms with Crippen molar-refractivity contribution < 1.29 is 13.7 Å². The fourth-order valence-electron chi connectivity index (χ4n) is 10.2. The molecule has 0 aliphatic carbocycles. The first-order valence-electron chi connectivity index (χ1n) is 29.5. The second-order valence-corrected chi connectivity index (χ2v) is 20.5. The second kappa shape index (κ2) is 18.1. The van der Waals surface area contributed by atoms with E-state index in [-0.39, 0.29) is 39.8 Å². The summed E-state index contributed by atoms with van der Waals surface area (Å²) >= 11 is 0. The Labute approximate surface area is 444 Å². The summed E-state index contributed by atoms with van der Waals surface area (Å²) in [4.78, 5) is 18.4. The molecule has 0 N–H and O–H groups in total. The van der Waals surface area contributed by atoms with Gasteiger partial charge in [-0.1, -0.05) is 181 Å². The van der Waals surface area contributed by atoms with E-state index in [1.54, 1.807) is 18.2 Å². The minimum atomic E-state index is -0.553. The predicted octanol–water partition coefficient (Wildman–Crippen LogP) is 18.2. The quantitative estimate of drug-likeness (QED) is 0.151. The summed E-state index contributed by atoms with van der Waals surface area (Å²) in [5, 5.41) is 0. The van der Waals surface area contributed by atoms with Crippen molar-refractivity contribution in [2.75, 3.05) is 26.3 Å². The smallest absolute Gasteiger partial charge is 0.137 e. The van der Waals surface area contributed by atoms with Crippen LogP contribution in [-0.2, 0) is 10.8 Å². The summed E-state index contributed by atoms with van der Waals surface area (Å²) in [6.07, 6.45) is 5.64. The lowest BCUT2D eigenvalue weighted by Gasteiger charge is -2.32.